The van der Waals surface area contributed by atoms with E-state index >= 15 is 0 Å². The van der Waals surface area contributed by atoms with Crippen molar-refractivity contribution in [3.8, 4) is 22.0 Å². The molecule has 6 nitrogen and oxygen atoms in total. The van der Waals surface area contributed by atoms with E-state index in [-0.39, 0.29) is 18.5 Å². The molecule has 1 N–H and O–H groups in total. The lowest BCUT2D eigenvalue weighted by molar-refractivity contribution is -0.0172. The minimum absolute atomic E-state index is 0.140. The summed E-state index contributed by atoms with van der Waals surface area (Å²) in [6, 6.07) is 16.4. The van der Waals surface area contributed by atoms with E-state index in [1.165, 1.54) is 23.5 Å². The predicted octanol–water partition coefficient (Wildman–Crippen LogP) is 4.58. The lowest BCUT2D eigenvalue weighted by atomic mass is 10.1. The minimum Gasteiger partial charge on any atom is -0.467 e. The number of halogens is 1. The summed E-state index contributed by atoms with van der Waals surface area (Å²) in [6.07, 6.45) is 2.18. The molecule has 1 aliphatic heterocycles. The second kappa shape index (κ2) is 8.94. The highest BCUT2D eigenvalue weighted by molar-refractivity contribution is 7.13. The lowest BCUT2D eigenvalue weighted by Crippen LogP contribution is -2.26. The van der Waals surface area contributed by atoms with Gasteiger partial charge in [-0.3, -0.25) is 4.79 Å². The zero-order chi connectivity index (χ0) is 21.9. The van der Waals surface area contributed by atoms with Crippen LogP contribution in [-0.2, 0) is 17.8 Å². The first-order chi connectivity index (χ1) is 15.7. The quantitative estimate of drug-likeness (QED) is 0.468. The SMILES string of the molecule is O=C(NCCc1cc(F)cc2c1OCOC2)c1cn(-c2ccccc2)nc1-c1cccs1. The summed E-state index contributed by atoms with van der Waals surface area (Å²) in [5.41, 5.74) is 3.38. The zero-order valence-electron chi connectivity index (χ0n) is 17.1. The highest BCUT2D eigenvalue weighted by atomic mass is 32.1. The minimum atomic E-state index is -0.344. The van der Waals surface area contributed by atoms with E-state index in [1.54, 1.807) is 10.9 Å². The van der Waals surface area contributed by atoms with Gasteiger partial charge in [0.2, 0.25) is 0 Å². The van der Waals surface area contributed by atoms with Gasteiger partial charge in [0.05, 0.1) is 22.7 Å². The zero-order valence-corrected chi connectivity index (χ0v) is 17.9. The molecule has 0 aliphatic carbocycles. The first-order valence-electron chi connectivity index (χ1n) is 10.2. The number of aromatic nitrogens is 2. The molecule has 0 spiro atoms. The fourth-order valence-electron chi connectivity index (χ4n) is 3.70. The van der Waals surface area contributed by atoms with Gasteiger partial charge in [0.15, 0.2) is 6.79 Å². The average molecular weight is 450 g/mol. The third-order valence-electron chi connectivity index (χ3n) is 5.17. The maximum Gasteiger partial charge on any atom is 0.255 e. The summed E-state index contributed by atoms with van der Waals surface area (Å²) in [6.45, 7) is 0.787. The molecule has 1 aliphatic rings. The Bertz CT molecular complexity index is 1240. The maximum absolute atomic E-state index is 14.0. The average Bonchev–Trinajstić information content (AvgIpc) is 3.49. The fourth-order valence-corrected chi connectivity index (χ4v) is 4.42. The van der Waals surface area contributed by atoms with E-state index in [0.717, 1.165) is 10.6 Å². The van der Waals surface area contributed by atoms with Crippen LogP contribution in [0.4, 0.5) is 4.39 Å². The molecule has 0 bridgehead atoms. The van der Waals surface area contributed by atoms with Gasteiger partial charge >= 0.3 is 0 Å². The Hall–Kier alpha value is -3.49. The van der Waals surface area contributed by atoms with Crippen molar-refractivity contribution in [2.75, 3.05) is 13.3 Å². The summed E-state index contributed by atoms with van der Waals surface area (Å²) in [7, 11) is 0. The Kier molecular flexibility index (Phi) is 5.70. The standard InChI is InChI=1S/C24H20FN3O3S/c25-18-11-16(23-17(12-18)14-30-15-31-23)8-9-26-24(29)20-13-28(19-5-2-1-3-6-19)27-22(20)21-7-4-10-32-21/h1-7,10-13H,8-9,14-15H2,(H,26,29). The highest BCUT2D eigenvalue weighted by Crippen LogP contribution is 2.30. The van der Waals surface area contributed by atoms with Gasteiger partial charge in [-0.25, -0.2) is 9.07 Å². The first kappa shape index (κ1) is 20.4. The van der Waals surface area contributed by atoms with E-state index in [2.05, 4.69) is 10.4 Å². The molecule has 0 saturated carbocycles. The van der Waals surface area contributed by atoms with Gasteiger partial charge in [0.25, 0.3) is 5.91 Å². The lowest BCUT2D eigenvalue weighted by Gasteiger charge is -2.21. The number of carbonyl (C=O) groups is 1. The molecule has 0 radical (unpaired) electrons. The third kappa shape index (κ3) is 4.15. The van der Waals surface area contributed by atoms with Crippen molar-refractivity contribution in [2.24, 2.45) is 0 Å². The van der Waals surface area contributed by atoms with Gasteiger partial charge in [-0.15, -0.1) is 11.3 Å². The fraction of sp³-hybridized carbons (Fsp3) is 0.167. The van der Waals surface area contributed by atoms with Crippen LogP contribution < -0.4 is 10.1 Å². The van der Waals surface area contributed by atoms with Crippen molar-refractivity contribution in [3.63, 3.8) is 0 Å². The van der Waals surface area contributed by atoms with Crippen LogP contribution >= 0.6 is 11.3 Å². The molecule has 0 unspecified atom stereocenters. The van der Waals surface area contributed by atoms with Crippen LogP contribution in [0.5, 0.6) is 5.75 Å². The number of hydrogen-bond acceptors (Lipinski definition) is 5. The number of hydrogen-bond donors (Lipinski definition) is 1. The van der Waals surface area contributed by atoms with Gasteiger partial charge in [0, 0.05) is 18.3 Å². The van der Waals surface area contributed by atoms with Gasteiger partial charge in [-0.05, 0) is 47.7 Å². The van der Waals surface area contributed by atoms with E-state index in [4.69, 9.17) is 9.47 Å². The van der Waals surface area contributed by atoms with Crippen molar-refractivity contribution >= 4 is 17.2 Å². The molecule has 8 heteroatoms. The largest absolute Gasteiger partial charge is 0.467 e. The number of nitrogens with zero attached hydrogens (tertiary/aromatic N) is 2. The number of rotatable bonds is 6. The summed E-state index contributed by atoms with van der Waals surface area (Å²) in [5, 5.41) is 9.56. The van der Waals surface area contributed by atoms with Crippen molar-refractivity contribution in [1.82, 2.24) is 15.1 Å². The number of fused-ring (bicyclic) bond motifs is 1. The number of nitrogens with one attached hydrogen (secondary N) is 1. The van der Waals surface area contributed by atoms with Gasteiger partial charge in [-0.2, -0.15) is 5.10 Å². The number of thiophene rings is 1. The normalized spacial score (nSPS) is 12.8. The Morgan fingerprint density at radius 3 is 2.88 bits per heavy atom. The Labute approximate surface area is 188 Å². The number of carbonyl (C=O) groups excluding carboxylic acids is 1. The maximum atomic E-state index is 14.0. The molecule has 162 valence electrons. The van der Waals surface area contributed by atoms with Crippen LogP contribution in [0.15, 0.2) is 66.2 Å². The predicted molar refractivity (Wildman–Crippen MR) is 120 cm³/mol. The van der Waals surface area contributed by atoms with Gasteiger partial charge < -0.3 is 14.8 Å². The Balaban J connectivity index is 1.36. The molecular weight excluding hydrogens is 429 g/mol. The molecule has 32 heavy (non-hydrogen) atoms. The summed E-state index contributed by atoms with van der Waals surface area (Å²) in [5.74, 6) is 0.0662. The van der Waals surface area contributed by atoms with Crippen molar-refractivity contribution in [3.05, 3.63) is 88.7 Å². The molecule has 2 aromatic heterocycles. The Morgan fingerprint density at radius 1 is 1.19 bits per heavy atom. The van der Waals surface area contributed by atoms with Crippen LogP contribution in [0.3, 0.4) is 0 Å². The van der Waals surface area contributed by atoms with Crippen LogP contribution in [0, 0.1) is 5.82 Å². The summed E-state index contributed by atoms with van der Waals surface area (Å²) < 4.78 is 26.5. The number of benzene rings is 2. The monoisotopic (exact) mass is 449 g/mol. The van der Waals surface area contributed by atoms with E-state index < -0.39 is 0 Å². The number of para-hydroxylation sites is 1. The summed E-state index contributed by atoms with van der Waals surface area (Å²) >= 11 is 1.53. The molecular formula is C24H20FN3O3S. The van der Waals surface area contributed by atoms with Crippen molar-refractivity contribution in [2.45, 2.75) is 13.0 Å². The van der Waals surface area contributed by atoms with Gasteiger partial charge in [0.1, 0.15) is 17.3 Å². The van der Waals surface area contributed by atoms with Crippen LogP contribution in [0.25, 0.3) is 16.3 Å². The molecule has 4 aromatic rings. The van der Waals surface area contributed by atoms with Crippen LogP contribution in [0.2, 0.25) is 0 Å². The second-order valence-corrected chi connectivity index (χ2v) is 8.27. The molecule has 0 atom stereocenters. The molecule has 3 heterocycles. The van der Waals surface area contributed by atoms with Gasteiger partial charge in [-0.1, -0.05) is 24.3 Å². The molecule has 0 fully saturated rings. The van der Waals surface area contributed by atoms with Crippen LogP contribution in [-0.4, -0.2) is 29.0 Å². The molecule has 5 rings (SSSR count). The molecule has 1 amide bonds. The van der Waals surface area contributed by atoms with E-state index in [0.29, 0.717) is 47.7 Å². The third-order valence-corrected chi connectivity index (χ3v) is 6.04. The van der Waals surface area contributed by atoms with Crippen LogP contribution in [0.1, 0.15) is 21.5 Å². The topological polar surface area (TPSA) is 65.4 Å². The van der Waals surface area contributed by atoms with Crippen molar-refractivity contribution in [1.29, 1.82) is 0 Å². The Morgan fingerprint density at radius 2 is 2.06 bits per heavy atom. The van der Waals surface area contributed by atoms with E-state index in [9.17, 15) is 9.18 Å². The first-order valence-corrected chi connectivity index (χ1v) is 11.1. The second-order valence-electron chi connectivity index (χ2n) is 7.32. The number of amides is 1. The molecule has 0 saturated heterocycles. The highest BCUT2D eigenvalue weighted by Gasteiger charge is 2.20. The molecule has 2 aromatic carbocycles. The summed E-state index contributed by atoms with van der Waals surface area (Å²) in [4.78, 5) is 14.0. The van der Waals surface area contributed by atoms with E-state index in [1.807, 2.05) is 47.8 Å². The van der Waals surface area contributed by atoms with Crippen molar-refractivity contribution < 1.29 is 18.7 Å². The number of ether oxygens (including phenoxy) is 2. The smallest absolute Gasteiger partial charge is 0.255 e.